The summed E-state index contributed by atoms with van der Waals surface area (Å²) in [6.07, 6.45) is -4.56. The van der Waals surface area contributed by atoms with Crippen LogP contribution in [-0.4, -0.2) is 53.0 Å². The van der Waals surface area contributed by atoms with Crippen molar-refractivity contribution in [3.63, 3.8) is 0 Å². The maximum absolute atomic E-state index is 13.6. The lowest BCUT2D eigenvalue weighted by Crippen LogP contribution is -2.40. The first-order valence-electron chi connectivity index (χ1n) is 8.26. The molecule has 142 valence electrons. The molecule has 1 aliphatic heterocycles. The fourth-order valence-corrected chi connectivity index (χ4v) is 3.50. The minimum Gasteiger partial charge on any atom is -0.444 e. The third-order valence-electron chi connectivity index (χ3n) is 3.57. The van der Waals surface area contributed by atoms with Gasteiger partial charge in [-0.3, -0.25) is 0 Å². The topological polar surface area (TPSA) is 29.5 Å². The highest BCUT2D eigenvalue weighted by atomic mass is 32.2. The highest BCUT2D eigenvalue weighted by Crippen LogP contribution is 2.27. The zero-order valence-electron chi connectivity index (χ0n) is 14.5. The molecule has 1 amide bonds. The predicted octanol–water partition coefficient (Wildman–Crippen LogP) is 5.19. The SMILES string of the molecule is CC(C)(C)OC(=O)N1C[C@H](F)C[C@H]1CCCSCCCC(F)(F)F. The van der Waals surface area contributed by atoms with E-state index in [1.54, 1.807) is 20.8 Å². The summed E-state index contributed by atoms with van der Waals surface area (Å²) in [5, 5.41) is 0. The second-order valence-electron chi connectivity index (χ2n) is 7.09. The Morgan fingerprint density at radius 2 is 1.83 bits per heavy atom. The molecule has 3 nitrogen and oxygen atoms in total. The lowest BCUT2D eigenvalue weighted by Gasteiger charge is -2.28. The number of halogens is 4. The molecule has 0 radical (unpaired) electrons. The molecule has 0 aromatic carbocycles. The number of likely N-dealkylation sites (tertiary alicyclic amines) is 1. The number of carbonyl (C=O) groups is 1. The lowest BCUT2D eigenvalue weighted by atomic mass is 10.1. The van der Waals surface area contributed by atoms with Gasteiger partial charge in [-0.25, -0.2) is 9.18 Å². The normalized spacial score (nSPS) is 22.0. The number of hydrogen-bond donors (Lipinski definition) is 0. The number of alkyl halides is 4. The van der Waals surface area contributed by atoms with E-state index < -0.39 is 30.5 Å². The average molecular weight is 373 g/mol. The van der Waals surface area contributed by atoms with Crippen molar-refractivity contribution in [3.8, 4) is 0 Å². The molecule has 0 aromatic rings. The van der Waals surface area contributed by atoms with Gasteiger partial charge in [0.1, 0.15) is 11.8 Å². The average Bonchev–Trinajstić information content (AvgIpc) is 2.75. The van der Waals surface area contributed by atoms with Crippen molar-refractivity contribution in [3.05, 3.63) is 0 Å². The predicted molar refractivity (Wildman–Crippen MR) is 88.1 cm³/mol. The van der Waals surface area contributed by atoms with E-state index in [0.717, 1.165) is 6.42 Å². The molecule has 0 N–H and O–H groups in total. The zero-order chi connectivity index (χ0) is 18.4. The molecule has 0 unspecified atom stereocenters. The fraction of sp³-hybridized carbons (Fsp3) is 0.938. The molecular weight excluding hydrogens is 346 g/mol. The van der Waals surface area contributed by atoms with Crippen molar-refractivity contribution in [2.45, 2.75) is 76.9 Å². The van der Waals surface area contributed by atoms with E-state index in [2.05, 4.69) is 0 Å². The van der Waals surface area contributed by atoms with E-state index in [9.17, 15) is 22.4 Å². The maximum atomic E-state index is 13.6. The van der Waals surface area contributed by atoms with Crippen molar-refractivity contribution in [2.24, 2.45) is 0 Å². The van der Waals surface area contributed by atoms with Gasteiger partial charge in [0.05, 0.1) is 6.54 Å². The largest absolute Gasteiger partial charge is 0.444 e. The van der Waals surface area contributed by atoms with E-state index in [1.807, 2.05) is 0 Å². The molecule has 1 fully saturated rings. The number of thioether (sulfide) groups is 1. The minimum atomic E-state index is -4.09. The van der Waals surface area contributed by atoms with Crippen LogP contribution in [0.15, 0.2) is 0 Å². The minimum absolute atomic E-state index is 0.0539. The third-order valence-corrected chi connectivity index (χ3v) is 4.72. The molecular formula is C16H27F4NO2S. The molecule has 24 heavy (non-hydrogen) atoms. The molecule has 1 aliphatic rings. The summed E-state index contributed by atoms with van der Waals surface area (Å²) >= 11 is 1.47. The van der Waals surface area contributed by atoms with E-state index in [1.165, 1.54) is 16.7 Å². The van der Waals surface area contributed by atoms with Gasteiger partial charge in [-0.1, -0.05) is 0 Å². The Kier molecular flexibility index (Phi) is 8.15. The molecule has 0 aliphatic carbocycles. The monoisotopic (exact) mass is 373 g/mol. The van der Waals surface area contributed by atoms with Crippen molar-refractivity contribution in [1.29, 1.82) is 0 Å². The van der Waals surface area contributed by atoms with Gasteiger partial charge in [0, 0.05) is 18.9 Å². The molecule has 0 aromatic heterocycles. The Morgan fingerprint density at radius 1 is 1.21 bits per heavy atom. The second kappa shape index (κ2) is 9.15. The summed E-state index contributed by atoms with van der Waals surface area (Å²) in [7, 11) is 0. The summed E-state index contributed by atoms with van der Waals surface area (Å²) < 4.78 is 55.0. The van der Waals surface area contributed by atoms with Crippen LogP contribution < -0.4 is 0 Å². The van der Waals surface area contributed by atoms with Crippen LogP contribution in [0.25, 0.3) is 0 Å². The van der Waals surface area contributed by atoms with E-state index >= 15 is 0 Å². The van der Waals surface area contributed by atoms with Gasteiger partial charge in [0.15, 0.2) is 0 Å². The Labute approximate surface area is 145 Å². The number of carbonyl (C=O) groups excluding carboxylic acids is 1. The highest BCUT2D eigenvalue weighted by molar-refractivity contribution is 7.99. The standard InChI is InChI=1S/C16H27F4NO2S/c1-15(2,3)23-14(22)21-11-12(17)10-13(21)6-4-8-24-9-5-7-16(18,19)20/h12-13H,4-11H2,1-3H3/t12-,13-/m1/s1. The number of nitrogens with zero attached hydrogens (tertiary/aromatic N) is 1. The number of amides is 1. The number of hydrogen-bond acceptors (Lipinski definition) is 3. The van der Waals surface area contributed by atoms with Crippen LogP contribution in [0.1, 0.15) is 52.9 Å². The molecule has 0 bridgehead atoms. The molecule has 0 saturated carbocycles. The van der Waals surface area contributed by atoms with E-state index in [0.29, 0.717) is 24.3 Å². The molecule has 8 heteroatoms. The fourth-order valence-electron chi connectivity index (χ4n) is 2.58. The first-order chi connectivity index (χ1) is 11.0. The Hall–Kier alpha value is -0.660. The summed E-state index contributed by atoms with van der Waals surface area (Å²) in [5.41, 5.74) is -0.621. The van der Waals surface area contributed by atoms with Gasteiger partial charge in [-0.15, -0.1) is 0 Å². The molecule has 0 spiro atoms. The molecule has 1 heterocycles. The van der Waals surface area contributed by atoms with Gasteiger partial charge in [-0.05, 0) is 51.5 Å². The Morgan fingerprint density at radius 3 is 2.42 bits per heavy atom. The molecule has 1 saturated heterocycles. The van der Waals surface area contributed by atoms with Gasteiger partial charge in [0.2, 0.25) is 0 Å². The van der Waals surface area contributed by atoms with Crippen LogP contribution in [0, 0.1) is 0 Å². The lowest BCUT2D eigenvalue weighted by molar-refractivity contribution is -0.134. The molecule has 2 atom stereocenters. The van der Waals surface area contributed by atoms with E-state index in [4.69, 9.17) is 4.74 Å². The summed E-state index contributed by atoms with van der Waals surface area (Å²) in [6, 6.07) is -0.189. The van der Waals surface area contributed by atoms with Crippen molar-refractivity contribution < 1.29 is 27.1 Å². The van der Waals surface area contributed by atoms with Crippen molar-refractivity contribution >= 4 is 17.9 Å². The number of rotatable bonds is 7. The van der Waals surface area contributed by atoms with Crippen LogP contribution in [-0.2, 0) is 4.74 Å². The van der Waals surface area contributed by atoms with Crippen LogP contribution in [0.3, 0.4) is 0 Å². The number of ether oxygens (including phenoxy) is 1. The summed E-state index contributed by atoms with van der Waals surface area (Å²) in [4.78, 5) is 13.6. The highest BCUT2D eigenvalue weighted by Gasteiger charge is 2.37. The van der Waals surface area contributed by atoms with Crippen molar-refractivity contribution in [1.82, 2.24) is 4.90 Å². The first-order valence-corrected chi connectivity index (χ1v) is 9.41. The zero-order valence-corrected chi connectivity index (χ0v) is 15.3. The third kappa shape index (κ3) is 8.99. The van der Waals surface area contributed by atoms with Gasteiger partial charge < -0.3 is 9.64 Å². The smallest absolute Gasteiger partial charge is 0.410 e. The van der Waals surface area contributed by atoms with Gasteiger partial charge in [-0.2, -0.15) is 24.9 Å². The molecule has 1 rings (SSSR count). The summed E-state index contributed by atoms with van der Waals surface area (Å²) in [6.45, 7) is 5.35. The van der Waals surface area contributed by atoms with Crippen LogP contribution >= 0.6 is 11.8 Å². The quantitative estimate of drug-likeness (QED) is 0.454. The van der Waals surface area contributed by atoms with Gasteiger partial charge >= 0.3 is 12.3 Å². The first kappa shape index (κ1) is 21.4. The van der Waals surface area contributed by atoms with Gasteiger partial charge in [0.25, 0.3) is 0 Å². The van der Waals surface area contributed by atoms with Crippen LogP contribution in [0.4, 0.5) is 22.4 Å². The summed E-state index contributed by atoms with van der Waals surface area (Å²) in [5.74, 6) is 1.18. The Bertz CT molecular complexity index is 399. The second-order valence-corrected chi connectivity index (χ2v) is 8.32. The maximum Gasteiger partial charge on any atom is 0.410 e. The van der Waals surface area contributed by atoms with E-state index in [-0.39, 0.29) is 19.0 Å². The van der Waals surface area contributed by atoms with Crippen LogP contribution in [0.2, 0.25) is 0 Å². The van der Waals surface area contributed by atoms with Crippen molar-refractivity contribution in [2.75, 3.05) is 18.1 Å². The Balaban J connectivity index is 2.26. The van der Waals surface area contributed by atoms with Crippen LogP contribution in [0.5, 0.6) is 0 Å².